The van der Waals surface area contributed by atoms with Crippen LogP contribution in [0.25, 0.3) is 0 Å². The van der Waals surface area contributed by atoms with Crippen molar-refractivity contribution < 1.29 is 4.87 Å². The third kappa shape index (κ3) is 2.18. The molecule has 0 radical (unpaired) electrons. The molecule has 0 heterocycles. The summed E-state index contributed by atoms with van der Waals surface area (Å²) in [5.41, 5.74) is -2.95. The molecule has 0 aliphatic rings. The summed E-state index contributed by atoms with van der Waals surface area (Å²) in [6.45, 7) is 5.22. The molecule has 6 nitrogen and oxygen atoms in total. The van der Waals surface area contributed by atoms with Crippen LogP contribution < -0.4 is 0 Å². The van der Waals surface area contributed by atoms with Gasteiger partial charge in [-0.3, -0.25) is 0 Å². The summed E-state index contributed by atoms with van der Waals surface area (Å²) in [7, 11) is 0. The lowest BCUT2D eigenvalue weighted by molar-refractivity contribution is -0.747. The minimum atomic E-state index is -1.48. The van der Waals surface area contributed by atoms with E-state index in [0.29, 0.717) is 0 Å². The smallest absolute Gasteiger partial charge is 0.320 e. The number of hydrazine groups is 1. The average Bonchev–Trinajstić information content (AvgIpc) is 2.15. The molecule has 0 aliphatic carbocycles. The first-order chi connectivity index (χ1) is 6.19. The van der Waals surface area contributed by atoms with Gasteiger partial charge in [0.2, 0.25) is 0 Å². The minimum Gasteiger partial charge on any atom is -0.703 e. The molecule has 76 valence electrons. The molecule has 0 bridgehead atoms. The van der Waals surface area contributed by atoms with Crippen molar-refractivity contribution in [3.8, 4) is 12.1 Å². The van der Waals surface area contributed by atoms with Crippen molar-refractivity contribution >= 4 is 0 Å². The lowest BCUT2D eigenvalue weighted by Crippen LogP contribution is -2.51. The fourth-order valence-corrected chi connectivity index (χ4v) is 0.540. The van der Waals surface area contributed by atoms with Gasteiger partial charge in [0.15, 0.2) is 5.54 Å². The first-order valence-corrected chi connectivity index (χ1v) is 3.96. The van der Waals surface area contributed by atoms with E-state index in [2.05, 4.69) is 0 Å². The third-order valence-corrected chi connectivity index (χ3v) is 1.67. The van der Waals surface area contributed by atoms with E-state index in [1.807, 2.05) is 0 Å². The maximum absolute atomic E-state index is 11.4. The zero-order valence-corrected chi connectivity index (χ0v) is 8.61. The zero-order valence-electron chi connectivity index (χ0n) is 8.61. The van der Waals surface area contributed by atoms with E-state index < -0.39 is 11.1 Å². The SMILES string of the molecule is CC(C)(C#N)N([O-])[N+](=O)C(C)(C)C#N. The van der Waals surface area contributed by atoms with Gasteiger partial charge in [0.05, 0.1) is 11.0 Å². The summed E-state index contributed by atoms with van der Waals surface area (Å²) in [5, 5.41) is 28.5. The normalized spacial score (nSPS) is 11.4. The molecule has 0 aromatic rings. The van der Waals surface area contributed by atoms with E-state index >= 15 is 0 Å². The van der Waals surface area contributed by atoms with Crippen LogP contribution in [0.1, 0.15) is 27.7 Å². The van der Waals surface area contributed by atoms with E-state index in [1.165, 1.54) is 27.7 Å². The van der Waals surface area contributed by atoms with E-state index in [9.17, 15) is 10.1 Å². The molecule has 0 aromatic heterocycles. The lowest BCUT2D eigenvalue weighted by Gasteiger charge is -2.32. The van der Waals surface area contributed by atoms with Crippen molar-refractivity contribution in [3.63, 3.8) is 0 Å². The van der Waals surface area contributed by atoms with Gasteiger partial charge in [0.1, 0.15) is 10.9 Å². The molecule has 14 heavy (non-hydrogen) atoms. The molecule has 0 atom stereocenters. The summed E-state index contributed by atoms with van der Waals surface area (Å²) in [6, 6.07) is 3.36. The number of nitrogens with zero attached hydrogens (tertiary/aromatic N) is 4. The van der Waals surface area contributed by atoms with Crippen LogP contribution in [0, 0.1) is 32.8 Å². The van der Waals surface area contributed by atoms with Crippen LogP contribution in [0.4, 0.5) is 0 Å². The lowest BCUT2D eigenvalue weighted by atomic mass is 10.1. The zero-order chi connectivity index (χ0) is 11.6. The highest BCUT2D eigenvalue weighted by Crippen LogP contribution is 2.17. The summed E-state index contributed by atoms with van der Waals surface area (Å²) in [6.07, 6.45) is 0. The second-order valence-corrected chi connectivity index (χ2v) is 3.89. The summed E-state index contributed by atoms with van der Waals surface area (Å²) >= 11 is 0. The summed E-state index contributed by atoms with van der Waals surface area (Å²) in [5.74, 6) is 0. The fraction of sp³-hybridized carbons (Fsp3) is 0.750. The number of hydrogen-bond donors (Lipinski definition) is 0. The van der Waals surface area contributed by atoms with Crippen LogP contribution in [-0.2, 0) is 0 Å². The Kier molecular flexibility index (Phi) is 3.18. The molecule has 0 fully saturated rings. The van der Waals surface area contributed by atoms with Crippen LogP contribution >= 0.6 is 0 Å². The van der Waals surface area contributed by atoms with Crippen LogP contribution in [0.3, 0.4) is 0 Å². The highest BCUT2D eigenvalue weighted by molar-refractivity contribution is 5.00. The van der Waals surface area contributed by atoms with Crippen molar-refractivity contribution in [2.45, 2.75) is 38.8 Å². The van der Waals surface area contributed by atoms with Crippen molar-refractivity contribution in [3.05, 3.63) is 10.1 Å². The Balaban J connectivity index is 4.95. The monoisotopic (exact) mass is 196 g/mol. The quantitative estimate of drug-likeness (QED) is 0.497. The number of nitriles is 2. The topological polar surface area (TPSA) is 94.0 Å². The molecule has 0 spiro atoms. The molecule has 0 unspecified atom stereocenters. The van der Waals surface area contributed by atoms with Gasteiger partial charge in [-0.05, 0) is 13.8 Å². The molecule has 6 heteroatoms. The summed E-state index contributed by atoms with van der Waals surface area (Å²) < 4.78 is 0. The van der Waals surface area contributed by atoms with Gasteiger partial charge in [-0.2, -0.15) is 15.7 Å². The number of rotatable bonds is 3. The van der Waals surface area contributed by atoms with Crippen molar-refractivity contribution in [2.24, 2.45) is 0 Å². The van der Waals surface area contributed by atoms with Gasteiger partial charge >= 0.3 is 5.54 Å². The Hall–Kier alpha value is -1.66. The maximum atomic E-state index is 11.4. The van der Waals surface area contributed by atoms with E-state index in [0.717, 1.165) is 0 Å². The van der Waals surface area contributed by atoms with Gasteiger partial charge in [-0.15, -0.1) is 0 Å². The second-order valence-electron chi connectivity index (χ2n) is 3.89. The van der Waals surface area contributed by atoms with Crippen molar-refractivity contribution in [1.29, 1.82) is 10.5 Å². The molecule has 0 rings (SSSR count). The molecule has 0 aliphatic heterocycles. The highest BCUT2D eigenvalue weighted by Gasteiger charge is 2.42. The fourth-order valence-electron chi connectivity index (χ4n) is 0.540. The van der Waals surface area contributed by atoms with Crippen molar-refractivity contribution in [2.75, 3.05) is 0 Å². The highest BCUT2D eigenvalue weighted by atomic mass is 16.6. The average molecular weight is 196 g/mol. The third-order valence-electron chi connectivity index (χ3n) is 1.67. The van der Waals surface area contributed by atoms with Crippen LogP contribution in [-0.4, -0.2) is 21.1 Å². The maximum Gasteiger partial charge on any atom is 0.320 e. The largest absolute Gasteiger partial charge is 0.703 e. The molecular weight excluding hydrogens is 184 g/mol. The molecule has 0 saturated heterocycles. The van der Waals surface area contributed by atoms with Crippen LogP contribution in [0.15, 0.2) is 0 Å². The second kappa shape index (κ2) is 3.60. The molecular formula is C8H12N4O2. The molecule has 0 aromatic carbocycles. The summed E-state index contributed by atoms with van der Waals surface area (Å²) in [4.78, 5) is 11.3. The Morgan fingerprint density at radius 3 is 1.93 bits per heavy atom. The predicted molar refractivity (Wildman–Crippen MR) is 48.2 cm³/mol. The molecule has 0 saturated carbocycles. The van der Waals surface area contributed by atoms with Gasteiger partial charge in [-0.25, -0.2) is 0 Å². The predicted octanol–water partition coefficient (Wildman–Crippen LogP) is 1.08. The van der Waals surface area contributed by atoms with Crippen molar-refractivity contribution in [1.82, 2.24) is 5.17 Å². The minimum absolute atomic E-state index is 0.0315. The Bertz CT molecular complexity index is 321. The van der Waals surface area contributed by atoms with Crippen LogP contribution in [0.2, 0.25) is 0 Å². The van der Waals surface area contributed by atoms with E-state index in [4.69, 9.17) is 10.5 Å². The van der Waals surface area contributed by atoms with Gasteiger partial charge in [-0.1, -0.05) is 0 Å². The van der Waals surface area contributed by atoms with E-state index in [-0.39, 0.29) is 10.0 Å². The number of nitroso groups, excluding NO2 is 1. The molecule has 0 amide bonds. The van der Waals surface area contributed by atoms with Gasteiger partial charge in [0, 0.05) is 13.8 Å². The molecule has 0 N–H and O–H groups in total. The Labute approximate surface area is 82.5 Å². The number of hydrogen-bond acceptors (Lipinski definition) is 4. The van der Waals surface area contributed by atoms with Gasteiger partial charge < -0.3 is 5.21 Å². The first kappa shape index (κ1) is 12.3. The van der Waals surface area contributed by atoms with E-state index in [1.54, 1.807) is 12.1 Å². The standard InChI is InChI=1S/C8H12N4O2/c1-7(2,5-9)11(13)12(14)8(3,4)6-10/h1-4H3. The van der Waals surface area contributed by atoms with Gasteiger partial charge in [0.25, 0.3) is 0 Å². The number of hydroxylamine groups is 1. The van der Waals surface area contributed by atoms with Crippen LogP contribution in [0.5, 0.6) is 0 Å². The Morgan fingerprint density at radius 1 is 1.21 bits per heavy atom. The first-order valence-electron chi connectivity index (χ1n) is 3.96. The Morgan fingerprint density at radius 2 is 1.64 bits per heavy atom.